The zero-order valence-corrected chi connectivity index (χ0v) is 22.7. The van der Waals surface area contributed by atoms with Gasteiger partial charge in [-0.1, -0.05) is 22.6 Å². The van der Waals surface area contributed by atoms with Crippen molar-refractivity contribution in [1.82, 2.24) is 0 Å². The van der Waals surface area contributed by atoms with Crippen LogP contribution in [-0.4, -0.2) is 136 Å². The highest BCUT2D eigenvalue weighted by Crippen LogP contribution is 1.88. The van der Waals surface area contributed by atoms with Gasteiger partial charge in [-0.2, -0.15) is 0 Å². The number of methoxy groups -OCH3 is 1. The van der Waals surface area contributed by atoms with Crippen molar-refractivity contribution in [3.63, 3.8) is 0 Å². The molecular weight excluding hydrogens is 567 g/mol. The van der Waals surface area contributed by atoms with Gasteiger partial charge < -0.3 is 47.4 Å². The Labute approximate surface area is 217 Å². The van der Waals surface area contributed by atoms with Crippen LogP contribution in [0.1, 0.15) is 6.42 Å². The first-order valence-corrected chi connectivity index (χ1v) is 13.2. The summed E-state index contributed by atoms with van der Waals surface area (Å²) in [7, 11) is 1.35. The molecule has 0 aliphatic heterocycles. The predicted octanol–water partition coefficient (Wildman–Crippen LogP) is 1.13. The van der Waals surface area contributed by atoms with Gasteiger partial charge in [0.1, 0.15) is 0 Å². The number of halogens is 1. The monoisotopic (exact) mass is 610 g/mol. The van der Waals surface area contributed by atoms with Crippen molar-refractivity contribution in [1.29, 1.82) is 0 Å². The molecular formula is C22H43IO11. The van der Waals surface area contributed by atoms with E-state index >= 15 is 0 Å². The average Bonchev–Trinajstić information content (AvgIpc) is 2.85. The van der Waals surface area contributed by atoms with E-state index in [-0.39, 0.29) is 12.4 Å². The van der Waals surface area contributed by atoms with Gasteiger partial charge in [0.2, 0.25) is 0 Å². The quantitative estimate of drug-likeness (QED) is 0.0527. The van der Waals surface area contributed by atoms with Gasteiger partial charge in [-0.05, 0) is 0 Å². The summed E-state index contributed by atoms with van der Waals surface area (Å²) in [5, 5.41) is 0. The summed E-state index contributed by atoms with van der Waals surface area (Å²) >= 11 is 2.27. The van der Waals surface area contributed by atoms with Gasteiger partial charge in [0.15, 0.2) is 0 Å². The molecule has 34 heavy (non-hydrogen) atoms. The van der Waals surface area contributed by atoms with E-state index in [1.807, 2.05) is 0 Å². The number of carbonyl (C=O) groups excluding carboxylic acids is 1. The van der Waals surface area contributed by atoms with Crippen molar-refractivity contribution in [3.8, 4) is 0 Å². The molecule has 0 spiro atoms. The fourth-order valence-electron chi connectivity index (χ4n) is 2.17. The number of alkyl halides is 1. The zero-order chi connectivity index (χ0) is 24.8. The second kappa shape index (κ2) is 30.9. The van der Waals surface area contributed by atoms with Crippen molar-refractivity contribution < 1.29 is 52.2 Å². The summed E-state index contributed by atoms with van der Waals surface area (Å²) in [6, 6.07) is 0. The first kappa shape index (κ1) is 33.8. The molecule has 12 heteroatoms. The van der Waals surface area contributed by atoms with E-state index in [4.69, 9.17) is 42.6 Å². The van der Waals surface area contributed by atoms with Crippen molar-refractivity contribution in [2.24, 2.45) is 0 Å². The van der Waals surface area contributed by atoms with Crippen LogP contribution in [0, 0.1) is 0 Å². The number of ether oxygens (including phenoxy) is 10. The standard InChI is InChI=1S/C22H43IO11/c1-25-22(24)2-4-26-6-8-28-10-12-30-14-16-32-18-20-34-21-19-33-17-15-31-13-11-29-9-7-27-5-3-23/h2-21H2,1H3. The summed E-state index contributed by atoms with van der Waals surface area (Å²) in [6.45, 7) is 9.43. The number of rotatable bonds is 29. The van der Waals surface area contributed by atoms with Crippen LogP contribution in [0.2, 0.25) is 0 Å². The highest BCUT2D eigenvalue weighted by atomic mass is 127. The summed E-state index contributed by atoms with van der Waals surface area (Å²) in [5.74, 6) is -0.281. The van der Waals surface area contributed by atoms with E-state index in [1.165, 1.54) is 7.11 Å². The van der Waals surface area contributed by atoms with Crippen LogP contribution in [0.15, 0.2) is 0 Å². The number of hydrogen-bond donors (Lipinski definition) is 0. The summed E-state index contributed by atoms with van der Waals surface area (Å²) in [5.41, 5.74) is 0. The van der Waals surface area contributed by atoms with Crippen LogP contribution in [0.4, 0.5) is 0 Å². The molecule has 0 aliphatic rings. The number of hydrogen-bond acceptors (Lipinski definition) is 11. The average molecular weight is 610 g/mol. The highest BCUT2D eigenvalue weighted by molar-refractivity contribution is 14.1. The molecule has 0 rings (SSSR count). The lowest BCUT2D eigenvalue weighted by molar-refractivity contribution is -0.141. The molecule has 0 aromatic heterocycles. The number of esters is 1. The molecule has 0 aromatic carbocycles. The lowest BCUT2D eigenvalue weighted by atomic mass is 10.5. The van der Waals surface area contributed by atoms with E-state index in [1.54, 1.807) is 0 Å². The minimum absolute atomic E-state index is 0.251. The summed E-state index contributed by atoms with van der Waals surface area (Å²) < 4.78 is 53.9. The van der Waals surface area contributed by atoms with E-state index < -0.39 is 0 Å². The molecule has 0 amide bonds. The van der Waals surface area contributed by atoms with Crippen molar-refractivity contribution in [3.05, 3.63) is 0 Å². The molecule has 204 valence electrons. The Morgan fingerprint density at radius 1 is 0.441 bits per heavy atom. The third-order valence-corrected chi connectivity index (χ3v) is 4.32. The SMILES string of the molecule is COC(=O)CCOCCOCCOCCOCCOCCOCCOCCOCCOCCI. The van der Waals surface area contributed by atoms with Gasteiger partial charge in [0.05, 0.1) is 132 Å². The maximum atomic E-state index is 10.9. The van der Waals surface area contributed by atoms with Gasteiger partial charge in [-0.3, -0.25) is 4.79 Å². The summed E-state index contributed by atoms with van der Waals surface area (Å²) in [4.78, 5) is 10.9. The molecule has 0 saturated carbocycles. The lowest BCUT2D eigenvalue weighted by Gasteiger charge is -2.08. The Kier molecular flexibility index (Phi) is 30.7. The molecule has 0 N–H and O–H groups in total. The Morgan fingerprint density at radius 2 is 0.676 bits per heavy atom. The second-order valence-electron chi connectivity index (χ2n) is 6.53. The molecule has 0 atom stereocenters. The Morgan fingerprint density at radius 3 is 0.912 bits per heavy atom. The Bertz CT molecular complexity index is 405. The van der Waals surface area contributed by atoms with Gasteiger partial charge in [-0.15, -0.1) is 0 Å². The van der Waals surface area contributed by atoms with Crippen molar-refractivity contribution in [2.75, 3.05) is 130 Å². The van der Waals surface area contributed by atoms with E-state index in [9.17, 15) is 4.79 Å². The van der Waals surface area contributed by atoms with Gasteiger partial charge in [0.25, 0.3) is 0 Å². The van der Waals surface area contributed by atoms with Crippen molar-refractivity contribution >= 4 is 28.6 Å². The smallest absolute Gasteiger partial charge is 0.307 e. The third kappa shape index (κ3) is 29.9. The summed E-state index contributed by atoms with van der Waals surface area (Å²) in [6.07, 6.45) is 0.251. The Hall–Kier alpha value is -0.160. The van der Waals surface area contributed by atoms with Gasteiger partial charge in [-0.25, -0.2) is 0 Å². The Balaban J connectivity index is 3.02. The largest absolute Gasteiger partial charge is 0.469 e. The molecule has 0 fully saturated rings. The first-order valence-electron chi connectivity index (χ1n) is 11.6. The molecule has 0 aromatic rings. The van der Waals surface area contributed by atoms with E-state index in [2.05, 4.69) is 27.3 Å². The van der Waals surface area contributed by atoms with Gasteiger partial charge in [0, 0.05) is 4.43 Å². The zero-order valence-electron chi connectivity index (χ0n) is 20.5. The topological polar surface area (TPSA) is 109 Å². The molecule has 0 unspecified atom stereocenters. The van der Waals surface area contributed by atoms with Crippen LogP contribution in [0.3, 0.4) is 0 Å². The van der Waals surface area contributed by atoms with E-state index in [0.29, 0.717) is 112 Å². The lowest BCUT2D eigenvalue weighted by Crippen LogP contribution is -2.15. The molecule has 0 bridgehead atoms. The molecule has 0 heterocycles. The predicted molar refractivity (Wildman–Crippen MR) is 133 cm³/mol. The maximum Gasteiger partial charge on any atom is 0.307 e. The molecule has 0 aliphatic carbocycles. The second-order valence-corrected chi connectivity index (χ2v) is 7.61. The van der Waals surface area contributed by atoms with Crippen LogP contribution in [0.25, 0.3) is 0 Å². The molecule has 11 nitrogen and oxygen atoms in total. The van der Waals surface area contributed by atoms with Crippen LogP contribution in [0.5, 0.6) is 0 Å². The van der Waals surface area contributed by atoms with Gasteiger partial charge >= 0.3 is 5.97 Å². The maximum absolute atomic E-state index is 10.9. The third-order valence-electron chi connectivity index (χ3n) is 3.88. The van der Waals surface area contributed by atoms with Crippen LogP contribution in [-0.2, 0) is 52.2 Å². The molecule has 0 radical (unpaired) electrons. The van der Waals surface area contributed by atoms with E-state index in [0.717, 1.165) is 11.0 Å². The van der Waals surface area contributed by atoms with Crippen LogP contribution >= 0.6 is 22.6 Å². The fraction of sp³-hybridized carbons (Fsp3) is 0.955. The minimum Gasteiger partial charge on any atom is -0.469 e. The normalized spacial score (nSPS) is 11.2. The first-order chi connectivity index (χ1) is 16.8. The fourth-order valence-corrected chi connectivity index (χ4v) is 2.48. The highest BCUT2D eigenvalue weighted by Gasteiger charge is 1.99. The van der Waals surface area contributed by atoms with Crippen molar-refractivity contribution in [2.45, 2.75) is 6.42 Å². The minimum atomic E-state index is -0.281. The molecule has 0 saturated heterocycles. The van der Waals surface area contributed by atoms with Crippen LogP contribution < -0.4 is 0 Å². The number of carbonyl (C=O) groups is 1.